The zero-order valence-electron chi connectivity index (χ0n) is 9.55. The van der Waals surface area contributed by atoms with Crippen LogP contribution < -0.4 is 0 Å². The summed E-state index contributed by atoms with van der Waals surface area (Å²) < 4.78 is -0.301. The number of aromatic nitrogens is 1. The van der Waals surface area contributed by atoms with Gasteiger partial charge in [0.05, 0.1) is 17.8 Å². The first kappa shape index (κ1) is 12.4. The fourth-order valence-electron chi connectivity index (χ4n) is 1.91. The van der Waals surface area contributed by atoms with Gasteiger partial charge in [0.25, 0.3) is 5.91 Å². The third-order valence-corrected chi connectivity index (χ3v) is 5.14. The highest BCUT2D eigenvalue weighted by molar-refractivity contribution is 8.00. The second-order valence-electron chi connectivity index (χ2n) is 3.97. The molecule has 0 N–H and O–H groups in total. The Hall–Kier alpha value is -1.06. The molecule has 4 nitrogen and oxygen atoms in total. The van der Waals surface area contributed by atoms with Crippen LogP contribution in [-0.4, -0.2) is 39.9 Å². The molecule has 17 heavy (non-hydrogen) atoms. The van der Waals surface area contributed by atoms with Crippen molar-refractivity contribution in [2.45, 2.75) is 17.6 Å². The number of thiazole rings is 1. The molecule has 0 bridgehead atoms. The lowest BCUT2D eigenvalue weighted by Crippen LogP contribution is -2.44. The van der Waals surface area contributed by atoms with Crippen molar-refractivity contribution in [2.75, 3.05) is 19.3 Å². The van der Waals surface area contributed by atoms with Crippen LogP contribution in [0.3, 0.4) is 0 Å². The Morgan fingerprint density at radius 2 is 2.35 bits per heavy atom. The smallest absolute Gasteiger partial charge is 0.265 e. The Morgan fingerprint density at radius 3 is 2.82 bits per heavy atom. The molecule has 1 fully saturated rings. The summed E-state index contributed by atoms with van der Waals surface area (Å²) in [5.41, 5.74) is 1.67. The van der Waals surface area contributed by atoms with Crippen molar-refractivity contribution in [3.05, 3.63) is 16.6 Å². The topological polar surface area (TPSA) is 57.0 Å². The monoisotopic (exact) mass is 267 g/mol. The predicted octanol–water partition coefficient (Wildman–Crippen LogP) is 2.00. The van der Waals surface area contributed by atoms with Crippen LogP contribution in [0.15, 0.2) is 11.7 Å². The Bertz CT molecular complexity index is 430. The number of carbonyl (C=O) groups is 1. The fourth-order valence-corrected chi connectivity index (χ4v) is 3.18. The normalized spacial score (nSPS) is 18.7. The summed E-state index contributed by atoms with van der Waals surface area (Å²) in [7, 11) is 0. The zero-order chi connectivity index (χ0) is 12.3. The van der Waals surface area contributed by atoms with Gasteiger partial charge in [-0.15, -0.1) is 23.1 Å². The minimum absolute atomic E-state index is 0.0418. The molecular formula is C11H13N3OS2. The van der Waals surface area contributed by atoms with E-state index in [9.17, 15) is 4.79 Å². The van der Waals surface area contributed by atoms with E-state index < -0.39 is 0 Å². The standard InChI is InChI=1S/C11H13N3OS2/c1-16-11(7-12)2-4-14(5-3-11)10(15)9-6-13-8-17-9/h6,8H,2-5H2,1H3. The molecule has 1 aliphatic rings. The van der Waals surface area contributed by atoms with E-state index in [0.717, 1.165) is 12.8 Å². The summed E-state index contributed by atoms with van der Waals surface area (Å²) in [6, 6.07) is 2.38. The number of hydrogen-bond donors (Lipinski definition) is 0. The van der Waals surface area contributed by atoms with Crippen molar-refractivity contribution in [1.29, 1.82) is 5.26 Å². The summed E-state index contributed by atoms with van der Waals surface area (Å²) in [6.07, 6.45) is 5.06. The van der Waals surface area contributed by atoms with Gasteiger partial charge in [0.15, 0.2) is 0 Å². The van der Waals surface area contributed by atoms with Gasteiger partial charge in [0, 0.05) is 13.1 Å². The van der Waals surface area contributed by atoms with E-state index in [-0.39, 0.29) is 10.7 Å². The Labute approximate surface area is 109 Å². The van der Waals surface area contributed by atoms with Gasteiger partial charge in [-0.05, 0) is 19.1 Å². The number of rotatable bonds is 2. The lowest BCUT2D eigenvalue weighted by Gasteiger charge is -2.35. The average molecular weight is 267 g/mol. The first-order valence-corrected chi connectivity index (χ1v) is 7.45. The highest BCUT2D eigenvalue weighted by Gasteiger charge is 2.35. The van der Waals surface area contributed by atoms with Crippen LogP contribution in [0, 0.1) is 11.3 Å². The van der Waals surface area contributed by atoms with Crippen LogP contribution >= 0.6 is 23.1 Å². The van der Waals surface area contributed by atoms with E-state index in [4.69, 9.17) is 5.26 Å². The van der Waals surface area contributed by atoms with Crippen molar-refractivity contribution >= 4 is 29.0 Å². The number of carbonyl (C=O) groups excluding carboxylic acids is 1. The van der Waals surface area contributed by atoms with Gasteiger partial charge in [-0.3, -0.25) is 9.78 Å². The van der Waals surface area contributed by atoms with Crippen molar-refractivity contribution in [3.63, 3.8) is 0 Å². The summed E-state index contributed by atoms with van der Waals surface area (Å²) in [5, 5.41) is 9.17. The molecule has 0 spiro atoms. The van der Waals surface area contributed by atoms with Gasteiger partial charge in [0.1, 0.15) is 9.62 Å². The predicted molar refractivity (Wildman–Crippen MR) is 69.1 cm³/mol. The Balaban J connectivity index is 2.01. The first-order chi connectivity index (χ1) is 8.21. The summed E-state index contributed by atoms with van der Waals surface area (Å²) >= 11 is 2.96. The van der Waals surface area contributed by atoms with Gasteiger partial charge in [-0.25, -0.2) is 0 Å². The molecule has 0 unspecified atom stereocenters. The first-order valence-electron chi connectivity index (χ1n) is 5.35. The molecule has 1 aromatic rings. The van der Waals surface area contributed by atoms with E-state index in [1.807, 2.05) is 11.2 Å². The van der Waals surface area contributed by atoms with Crippen LogP contribution in [-0.2, 0) is 0 Å². The Kier molecular flexibility index (Phi) is 3.69. The molecule has 1 saturated heterocycles. The molecule has 1 aliphatic heterocycles. The molecule has 2 heterocycles. The number of nitriles is 1. The van der Waals surface area contributed by atoms with Crippen molar-refractivity contribution in [3.8, 4) is 6.07 Å². The highest BCUT2D eigenvalue weighted by atomic mass is 32.2. The lowest BCUT2D eigenvalue weighted by molar-refractivity contribution is 0.0721. The molecule has 1 aromatic heterocycles. The second-order valence-corrected chi connectivity index (χ2v) is 6.04. The van der Waals surface area contributed by atoms with Crippen LogP contribution in [0.1, 0.15) is 22.5 Å². The molecule has 0 aromatic carbocycles. The molecular weight excluding hydrogens is 254 g/mol. The van der Waals surface area contributed by atoms with Crippen molar-refractivity contribution in [2.24, 2.45) is 0 Å². The van der Waals surface area contributed by atoms with Crippen LogP contribution in [0.5, 0.6) is 0 Å². The van der Waals surface area contributed by atoms with Gasteiger partial charge in [-0.1, -0.05) is 0 Å². The van der Waals surface area contributed by atoms with E-state index in [1.54, 1.807) is 23.5 Å². The second kappa shape index (κ2) is 5.07. The quantitative estimate of drug-likeness (QED) is 0.822. The fraction of sp³-hybridized carbons (Fsp3) is 0.545. The van der Waals surface area contributed by atoms with Gasteiger partial charge >= 0.3 is 0 Å². The molecule has 0 saturated carbocycles. The highest BCUT2D eigenvalue weighted by Crippen LogP contribution is 2.34. The van der Waals surface area contributed by atoms with Crippen molar-refractivity contribution < 1.29 is 4.79 Å². The zero-order valence-corrected chi connectivity index (χ0v) is 11.2. The van der Waals surface area contributed by atoms with Gasteiger partial charge in [0.2, 0.25) is 0 Å². The maximum Gasteiger partial charge on any atom is 0.265 e. The summed E-state index contributed by atoms with van der Waals surface area (Å²) in [6.45, 7) is 1.32. The van der Waals surface area contributed by atoms with Crippen molar-refractivity contribution in [1.82, 2.24) is 9.88 Å². The maximum absolute atomic E-state index is 12.1. The number of thioether (sulfide) groups is 1. The molecule has 2 rings (SSSR count). The molecule has 1 amide bonds. The van der Waals surface area contributed by atoms with E-state index in [1.165, 1.54) is 11.3 Å². The lowest BCUT2D eigenvalue weighted by atomic mass is 9.97. The number of amides is 1. The van der Waals surface area contributed by atoms with E-state index >= 15 is 0 Å². The molecule has 6 heteroatoms. The minimum Gasteiger partial charge on any atom is -0.338 e. The van der Waals surface area contributed by atoms with Gasteiger partial charge < -0.3 is 4.90 Å². The largest absolute Gasteiger partial charge is 0.338 e. The van der Waals surface area contributed by atoms with Crippen LogP contribution in [0.2, 0.25) is 0 Å². The SMILES string of the molecule is CSC1(C#N)CCN(C(=O)c2cncs2)CC1. The summed E-state index contributed by atoms with van der Waals surface area (Å²) in [4.78, 5) is 18.5. The third kappa shape index (κ3) is 2.45. The molecule has 0 aliphatic carbocycles. The van der Waals surface area contributed by atoms with E-state index in [2.05, 4.69) is 11.1 Å². The van der Waals surface area contributed by atoms with Crippen LogP contribution in [0.4, 0.5) is 0 Å². The average Bonchev–Trinajstić information content (AvgIpc) is 2.92. The van der Waals surface area contributed by atoms with Crippen LogP contribution in [0.25, 0.3) is 0 Å². The number of piperidine rings is 1. The van der Waals surface area contributed by atoms with Gasteiger partial charge in [-0.2, -0.15) is 5.26 Å². The number of nitrogens with zero attached hydrogens (tertiary/aromatic N) is 3. The Morgan fingerprint density at radius 1 is 1.65 bits per heavy atom. The maximum atomic E-state index is 12.1. The number of hydrogen-bond acceptors (Lipinski definition) is 5. The molecule has 90 valence electrons. The summed E-state index contributed by atoms with van der Waals surface area (Å²) in [5.74, 6) is 0.0418. The molecule has 0 atom stereocenters. The van der Waals surface area contributed by atoms with E-state index in [0.29, 0.717) is 18.0 Å². The molecule has 0 radical (unpaired) electrons. The minimum atomic E-state index is -0.301. The third-order valence-electron chi connectivity index (χ3n) is 3.10. The number of likely N-dealkylation sites (tertiary alicyclic amines) is 1.